The molecular formula is C13H21N3O2S. The van der Waals surface area contributed by atoms with Gasteiger partial charge in [0, 0.05) is 18.3 Å². The van der Waals surface area contributed by atoms with Crippen molar-refractivity contribution in [2.75, 3.05) is 6.54 Å². The van der Waals surface area contributed by atoms with Gasteiger partial charge in [-0.25, -0.2) is 4.98 Å². The van der Waals surface area contributed by atoms with Crippen molar-refractivity contribution in [3.8, 4) is 0 Å². The molecule has 1 atom stereocenters. The fraction of sp³-hybridized carbons (Fsp3) is 0.615. The molecule has 1 unspecified atom stereocenters. The highest BCUT2D eigenvalue weighted by atomic mass is 32.2. The number of nitrogens with zero attached hydrogens (tertiary/aromatic N) is 1. The Labute approximate surface area is 117 Å². The summed E-state index contributed by atoms with van der Waals surface area (Å²) in [6.07, 6.45) is 2.62. The Morgan fingerprint density at radius 3 is 2.84 bits per heavy atom. The van der Waals surface area contributed by atoms with Crippen molar-refractivity contribution >= 4 is 17.7 Å². The summed E-state index contributed by atoms with van der Waals surface area (Å²) in [5.74, 6) is -0.0320. The van der Waals surface area contributed by atoms with Crippen molar-refractivity contribution in [3.05, 3.63) is 22.1 Å². The van der Waals surface area contributed by atoms with Crippen LogP contribution in [-0.4, -0.2) is 27.7 Å². The molecule has 0 saturated carbocycles. The van der Waals surface area contributed by atoms with Gasteiger partial charge in [-0.3, -0.25) is 9.59 Å². The predicted octanol–water partition coefficient (Wildman–Crippen LogP) is 1.73. The second kappa shape index (κ2) is 7.99. The number of carbonyl (C=O) groups excluding carboxylic acids is 1. The lowest BCUT2D eigenvalue weighted by Crippen LogP contribution is -2.31. The molecule has 2 N–H and O–H groups in total. The van der Waals surface area contributed by atoms with E-state index in [9.17, 15) is 9.59 Å². The summed E-state index contributed by atoms with van der Waals surface area (Å²) in [5, 5.41) is 3.06. The van der Waals surface area contributed by atoms with E-state index in [-0.39, 0.29) is 16.7 Å². The predicted molar refractivity (Wildman–Crippen MR) is 77.5 cm³/mol. The first kappa shape index (κ1) is 15.8. The maximum atomic E-state index is 11.8. The molecule has 0 saturated heterocycles. The molecule has 0 fully saturated rings. The normalized spacial score (nSPS) is 12.2. The minimum absolute atomic E-state index is 0.0320. The SMILES string of the molecule is CCCNC(=O)C(C)Sc1nc(CCC)cc(=O)[nH]1. The number of nitrogens with one attached hydrogen (secondary N) is 2. The Morgan fingerprint density at radius 2 is 2.21 bits per heavy atom. The molecule has 0 aliphatic heterocycles. The molecule has 106 valence electrons. The quantitative estimate of drug-likeness (QED) is 0.590. The molecule has 0 bridgehead atoms. The molecule has 0 spiro atoms. The molecule has 0 aliphatic carbocycles. The largest absolute Gasteiger partial charge is 0.355 e. The summed E-state index contributed by atoms with van der Waals surface area (Å²) >= 11 is 1.28. The number of aryl methyl sites for hydroxylation is 1. The van der Waals surface area contributed by atoms with Crippen molar-refractivity contribution in [1.29, 1.82) is 0 Å². The van der Waals surface area contributed by atoms with Gasteiger partial charge in [-0.1, -0.05) is 32.0 Å². The highest BCUT2D eigenvalue weighted by Gasteiger charge is 2.15. The third-order valence-electron chi connectivity index (χ3n) is 2.49. The zero-order chi connectivity index (χ0) is 14.3. The standard InChI is InChI=1S/C13H21N3O2S/c1-4-6-10-8-11(17)16-13(15-10)19-9(3)12(18)14-7-5-2/h8-9H,4-7H2,1-3H3,(H,14,18)(H,15,16,17). The summed E-state index contributed by atoms with van der Waals surface area (Å²) in [7, 11) is 0. The average molecular weight is 283 g/mol. The van der Waals surface area contributed by atoms with Crippen LogP contribution in [0.1, 0.15) is 39.3 Å². The molecule has 0 aliphatic rings. The molecule has 1 aromatic heterocycles. The molecule has 0 aromatic carbocycles. The number of amides is 1. The Bertz CT molecular complexity index is 473. The second-order valence-corrected chi connectivity index (χ2v) is 5.67. The van der Waals surface area contributed by atoms with Gasteiger partial charge in [0.15, 0.2) is 5.16 Å². The number of rotatable bonds is 7. The van der Waals surface area contributed by atoms with Crippen LogP contribution in [0, 0.1) is 0 Å². The van der Waals surface area contributed by atoms with Crippen LogP contribution in [0.25, 0.3) is 0 Å². The van der Waals surface area contributed by atoms with E-state index >= 15 is 0 Å². The lowest BCUT2D eigenvalue weighted by Gasteiger charge is -2.11. The van der Waals surface area contributed by atoms with Gasteiger partial charge in [0.05, 0.1) is 5.25 Å². The maximum absolute atomic E-state index is 11.8. The second-order valence-electron chi connectivity index (χ2n) is 4.34. The van der Waals surface area contributed by atoms with Gasteiger partial charge in [-0.05, 0) is 19.8 Å². The third kappa shape index (κ3) is 5.46. The van der Waals surface area contributed by atoms with E-state index in [0.717, 1.165) is 25.0 Å². The number of hydrogen-bond donors (Lipinski definition) is 2. The van der Waals surface area contributed by atoms with Gasteiger partial charge in [0.1, 0.15) is 0 Å². The van der Waals surface area contributed by atoms with Crippen LogP contribution >= 0.6 is 11.8 Å². The summed E-state index contributed by atoms with van der Waals surface area (Å²) in [5.41, 5.74) is 0.608. The van der Waals surface area contributed by atoms with Crippen LogP contribution in [0.5, 0.6) is 0 Å². The molecular weight excluding hydrogens is 262 g/mol. The van der Waals surface area contributed by atoms with E-state index in [1.165, 1.54) is 17.8 Å². The van der Waals surface area contributed by atoms with Crippen molar-refractivity contribution in [2.45, 2.75) is 50.4 Å². The first-order chi connectivity index (χ1) is 9.06. The molecule has 5 nitrogen and oxygen atoms in total. The first-order valence-electron chi connectivity index (χ1n) is 6.61. The van der Waals surface area contributed by atoms with Crippen molar-refractivity contribution < 1.29 is 4.79 Å². The first-order valence-corrected chi connectivity index (χ1v) is 7.49. The maximum Gasteiger partial charge on any atom is 0.251 e. The highest BCUT2D eigenvalue weighted by Crippen LogP contribution is 2.18. The van der Waals surface area contributed by atoms with E-state index in [1.54, 1.807) is 0 Å². The van der Waals surface area contributed by atoms with E-state index in [0.29, 0.717) is 11.7 Å². The molecule has 1 aromatic rings. The monoisotopic (exact) mass is 283 g/mol. The van der Waals surface area contributed by atoms with Gasteiger partial charge in [-0.15, -0.1) is 0 Å². The summed E-state index contributed by atoms with van der Waals surface area (Å²) in [4.78, 5) is 30.3. The number of aromatic nitrogens is 2. The van der Waals surface area contributed by atoms with Crippen LogP contribution in [0.4, 0.5) is 0 Å². The Hall–Kier alpha value is -1.30. The minimum atomic E-state index is -0.272. The lowest BCUT2D eigenvalue weighted by atomic mass is 10.2. The van der Waals surface area contributed by atoms with Crippen LogP contribution < -0.4 is 10.9 Å². The zero-order valence-electron chi connectivity index (χ0n) is 11.7. The van der Waals surface area contributed by atoms with Crippen LogP contribution in [0.3, 0.4) is 0 Å². The highest BCUT2D eigenvalue weighted by molar-refractivity contribution is 8.00. The Balaban J connectivity index is 2.70. The van der Waals surface area contributed by atoms with Crippen LogP contribution in [-0.2, 0) is 11.2 Å². The summed E-state index contributed by atoms with van der Waals surface area (Å²) in [6, 6.07) is 1.51. The van der Waals surface area contributed by atoms with Crippen LogP contribution in [0.15, 0.2) is 16.0 Å². The number of thioether (sulfide) groups is 1. The van der Waals surface area contributed by atoms with E-state index in [4.69, 9.17) is 0 Å². The average Bonchev–Trinajstić information content (AvgIpc) is 2.35. The number of hydrogen-bond acceptors (Lipinski definition) is 4. The molecule has 19 heavy (non-hydrogen) atoms. The van der Waals surface area contributed by atoms with E-state index < -0.39 is 0 Å². The van der Waals surface area contributed by atoms with Gasteiger partial charge in [0.2, 0.25) is 5.91 Å². The van der Waals surface area contributed by atoms with Crippen molar-refractivity contribution in [2.24, 2.45) is 0 Å². The van der Waals surface area contributed by atoms with E-state index in [1.807, 2.05) is 20.8 Å². The smallest absolute Gasteiger partial charge is 0.251 e. The Morgan fingerprint density at radius 1 is 1.47 bits per heavy atom. The molecule has 0 radical (unpaired) electrons. The zero-order valence-corrected chi connectivity index (χ0v) is 12.5. The van der Waals surface area contributed by atoms with Crippen molar-refractivity contribution in [1.82, 2.24) is 15.3 Å². The fourth-order valence-corrected chi connectivity index (χ4v) is 2.39. The summed E-state index contributed by atoms with van der Waals surface area (Å²) < 4.78 is 0. The molecule has 1 rings (SSSR count). The molecule has 6 heteroatoms. The number of carbonyl (C=O) groups is 1. The lowest BCUT2D eigenvalue weighted by molar-refractivity contribution is -0.120. The number of H-pyrrole nitrogens is 1. The topological polar surface area (TPSA) is 74.8 Å². The van der Waals surface area contributed by atoms with Gasteiger partial charge < -0.3 is 10.3 Å². The molecule has 1 heterocycles. The van der Waals surface area contributed by atoms with Crippen molar-refractivity contribution in [3.63, 3.8) is 0 Å². The van der Waals surface area contributed by atoms with Gasteiger partial charge in [-0.2, -0.15) is 0 Å². The Kier molecular flexibility index (Phi) is 6.62. The summed E-state index contributed by atoms with van der Waals surface area (Å²) in [6.45, 7) is 6.52. The van der Waals surface area contributed by atoms with Gasteiger partial charge >= 0.3 is 0 Å². The minimum Gasteiger partial charge on any atom is -0.355 e. The fourth-order valence-electron chi connectivity index (χ4n) is 1.54. The molecule has 1 amide bonds. The van der Waals surface area contributed by atoms with Gasteiger partial charge in [0.25, 0.3) is 5.56 Å². The third-order valence-corrected chi connectivity index (χ3v) is 3.47. The van der Waals surface area contributed by atoms with Crippen LogP contribution in [0.2, 0.25) is 0 Å². The van der Waals surface area contributed by atoms with E-state index in [2.05, 4.69) is 15.3 Å². The number of aromatic amines is 1.